The average molecular weight is 329 g/mol. The molecule has 1 N–H and O–H groups in total. The van der Waals surface area contributed by atoms with Crippen molar-refractivity contribution in [2.24, 2.45) is 0 Å². The van der Waals surface area contributed by atoms with Crippen molar-refractivity contribution in [1.29, 1.82) is 0 Å². The van der Waals surface area contributed by atoms with E-state index in [2.05, 4.69) is 5.32 Å². The Morgan fingerprint density at radius 1 is 1.10 bits per heavy atom. The summed E-state index contributed by atoms with van der Waals surface area (Å²) in [5.41, 5.74) is 1.30. The Hall–Kier alpha value is -1.11. The minimum Gasteiger partial charge on any atom is -0.325 e. The number of nitrogens with one attached hydrogen (secondary N) is 1. The molecule has 1 saturated heterocycles. The minimum atomic E-state index is -3.59. The summed E-state index contributed by atoms with van der Waals surface area (Å²) >= 11 is 6.14. The van der Waals surface area contributed by atoms with Crippen LogP contribution in [0.5, 0.6) is 0 Å². The number of nitrogens with zero attached hydrogens (tertiary/aromatic N) is 1. The van der Waals surface area contributed by atoms with Crippen molar-refractivity contribution in [2.75, 3.05) is 18.4 Å². The van der Waals surface area contributed by atoms with Crippen LogP contribution < -0.4 is 5.32 Å². The number of halogens is 1. The van der Waals surface area contributed by atoms with Gasteiger partial charge in [-0.3, -0.25) is 4.79 Å². The van der Waals surface area contributed by atoms with Crippen LogP contribution in [0.3, 0.4) is 0 Å². The van der Waals surface area contributed by atoms with Crippen molar-refractivity contribution in [3.8, 4) is 0 Å². The fraction of sp³-hybridized carbons (Fsp3) is 0.500. The fourth-order valence-electron chi connectivity index (χ4n) is 2.84. The van der Waals surface area contributed by atoms with Gasteiger partial charge in [-0.25, -0.2) is 8.42 Å². The highest BCUT2D eigenvalue weighted by atomic mass is 35.5. The largest absolute Gasteiger partial charge is 0.325 e. The maximum absolute atomic E-state index is 12.8. The van der Waals surface area contributed by atoms with Gasteiger partial charge in [-0.15, -0.1) is 0 Å². The van der Waals surface area contributed by atoms with Crippen molar-refractivity contribution in [3.05, 3.63) is 22.7 Å². The summed E-state index contributed by atoms with van der Waals surface area (Å²) in [5.74, 6) is -0.134. The molecule has 2 aliphatic heterocycles. The predicted molar refractivity (Wildman–Crippen MR) is 81.0 cm³/mol. The molecule has 0 spiro atoms. The van der Waals surface area contributed by atoms with Crippen LogP contribution in [0.25, 0.3) is 0 Å². The molecule has 1 aromatic rings. The molecule has 21 heavy (non-hydrogen) atoms. The first kappa shape index (κ1) is 14.8. The lowest BCUT2D eigenvalue weighted by Gasteiger charge is -2.21. The van der Waals surface area contributed by atoms with E-state index in [1.807, 2.05) is 0 Å². The molecule has 0 atom stereocenters. The molecule has 0 bridgehead atoms. The molecule has 0 aliphatic carbocycles. The molecule has 1 amide bonds. The van der Waals surface area contributed by atoms with Gasteiger partial charge in [0.15, 0.2) is 0 Å². The number of hydrogen-bond donors (Lipinski definition) is 1. The number of benzene rings is 1. The zero-order chi connectivity index (χ0) is 15.0. The van der Waals surface area contributed by atoms with Gasteiger partial charge in [0, 0.05) is 18.8 Å². The molecule has 7 heteroatoms. The van der Waals surface area contributed by atoms with Gasteiger partial charge in [-0.1, -0.05) is 24.4 Å². The molecule has 0 unspecified atom stereocenters. The van der Waals surface area contributed by atoms with Gasteiger partial charge >= 0.3 is 0 Å². The molecular formula is C14H17ClN2O3S. The van der Waals surface area contributed by atoms with E-state index in [0.29, 0.717) is 24.3 Å². The zero-order valence-electron chi connectivity index (χ0n) is 11.6. The quantitative estimate of drug-likeness (QED) is 0.906. The summed E-state index contributed by atoms with van der Waals surface area (Å²) in [6.07, 6.45) is 4.07. The molecule has 2 aliphatic rings. The number of fused-ring (bicyclic) bond motifs is 1. The summed E-state index contributed by atoms with van der Waals surface area (Å²) in [5, 5.41) is 2.84. The van der Waals surface area contributed by atoms with Crippen LogP contribution in [0, 0.1) is 0 Å². The third-order valence-corrected chi connectivity index (χ3v) is 6.33. The van der Waals surface area contributed by atoms with E-state index in [9.17, 15) is 13.2 Å². The van der Waals surface area contributed by atoms with Gasteiger partial charge in [-0.05, 0) is 30.5 Å². The highest BCUT2D eigenvalue weighted by molar-refractivity contribution is 7.89. The van der Waals surface area contributed by atoms with Crippen LogP contribution in [0.15, 0.2) is 17.0 Å². The maximum Gasteiger partial charge on any atom is 0.244 e. The molecule has 3 rings (SSSR count). The highest BCUT2D eigenvalue weighted by Gasteiger charge is 2.30. The van der Waals surface area contributed by atoms with E-state index in [1.54, 1.807) is 0 Å². The predicted octanol–water partition coefficient (Wildman–Crippen LogP) is 2.40. The summed E-state index contributed by atoms with van der Waals surface area (Å²) in [6, 6.07) is 3.07. The molecule has 1 fully saturated rings. The van der Waals surface area contributed by atoms with E-state index >= 15 is 0 Å². The second-order valence-electron chi connectivity index (χ2n) is 5.48. The standard InChI is InChI=1S/C14H17ClN2O3S/c15-11-9-12-10(8-14(18)16-12)7-13(11)21(19,20)17-5-3-1-2-4-6-17/h7,9H,1-6,8H2,(H,16,18). The first-order chi connectivity index (χ1) is 9.98. The number of carbonyl (C=O) groups excluding carboxylic acids is 1. The summed E-state index contributed by atoms with van der Waals surface area (Å²) in [4.78, 5) is 11.5. The molecule has 0 aromatic heterocycles. The SMILES string of the molecule is O=C1Cc2cc(S(=O)(=O)N3CCCCCC3)c(Cl)cc2N1. The van der Waals surface area contributed by atoms with Gasteiger partial charge in [-0.2, -0.15) is 4.31 Å². The number of hydrogen-bond acceptors (Lipinski definition) is 3. The lowest BCUT2D eigenvalue weighted by Crippen LogP contribution is -2.32. The Balaban J connectivity index is 1.99. The summed E-state index contributed by atoms with van der Waals surface area (Å²) in [7, 11) is -3.59. The Bertz CT molecular complexity index is 680. The third kappa shape index (κ3) is 2.80. The van der Waals surface area contributed by atoms with Crippen LogP contribution in [0.2, 0.25) is 5.02 Å². The average Bonchev–Trinajstić information content (AvgIpc) is 2.65. The molecule has 5 nitrogen and oxygen atoms in total. The molecule has 0 radical (unpaired) electrons. The van der Waals surface area contributed by atoms with E-state index in [0.717, 1.165) is 25.7 Å². The highest BCUT2D eigenvalue weighted by Crippen LogP contribution is 2.34. The number of anilines is 1. The maximum atomic E-state index is 12.8. The normalized spacial score (nSPS) is 20.0. The zero-order valence-corrected chi connectivity index (χ0v) is 13.1. The van der Waals surface area contributed by atoms with Crippen LogP contribution >= 0.6 is 11.6 Å². The molecule has 2 heterocycles. The summed E-state index contributed by atoms with van der Waals surface area (Å²) in [6.45, 7) is 1.07. The van der Waals surface area contributed by atoms with Crippen molar-refractivity contribution in [1.82, 2.24) is 4.31 Å². The number of carbonyl (C=O) groups is 1. The second-order valence-corrected chi connectivity index (χ2v) is 7.80. The van der Waals surface area contributed by atoms with Crippen molar-refractivity contribution < 1.29 is 13.2 Å². The third-order valence-electron chi connectivity index (χ3n) is 3.97. The van der Waals surface area contributed by atoms with E-state index in [4.69, 9.17) is 11.6 Å². The number of rotatable bonds is 2. The lowest BCUT2D eigenvalue weighted by molar-refractivity contribution is -0.115. The Morgan fingerprint density at radius 3 is 2.43 bits per heavy atom. The lowest BCUT2D eigenvalue weighted by atomic mass is 10.2. The van der Waals surface area contributed by atoms with Gasteiger partial charge in [0.25, 0.3) is 0 Å². The summed E-state index contributed by atoms with van der Waals surface area (Å²) < 4.78 is 27.1. The van der Waals surface area contributed by atoms with E-state index < -0.39 is 10.0 Å². The van der Waals surface area contributed by atoms with Gasteiger partial charge in [0.05, 0.1) is 11.4 Å². The van der Waals surface area contributed by atoms with Gasteiger partial charge in [0.1, 0.15) is 4.90 Å². The Morgan fingerprint density at radius 2 is 1.76 bits per heavy atom. The number of amides is 1. The molecule has 1 aromatic carbocycles. The molecule has 0 saturated carbocycles. The van der Waals surface area contributed by atoms with Crippen molar-refractivity contribution >= 4 is 33.2 Å². The van der Waals surface area contributed by atoms with Crippen LogP contribution in [-0.4, -0.2) is 31.7 Å². The van der Waals surface area contributed by atoms with Crippen LogP contribution in [-0.2, 0) is 21.2 Å². The Labute approximate surface area is 129 Å². The number of sulfonamides is 1. The molecule has 114 valence electrons. The first-order valence-electron chi connectivity index (χ1n) is 7.11. The van der Waals surface area contributed by atoms with Gasteiger partial charge in [0.2, 0.25) is 15.9 Å². The van der Waals surface area contributed by atoms with Crippen LogP contribution in [0.1, 0.15) is 31.2 Å². The van der Waals surface area contributed by atoms with Crippen molar-refractivity contribution in [2.45, 2.75) is 37.0 Å². The Kier molecular flexibility index (Phi) is 3.94. The topological polar surface area (TPSA) is 66.5 Å². The van der Waals surface area contributed by atoms with E-state index in [1.165, 1.54) is 16.4 Å². The van der Waals surface area contributed by atoms with Gasteiger partial charge < -0.3 is 5.32 Å². The smallest absolute Gasteiger partial charge is 0.244 e. The second kappa shape index (κ2) is 5.59. The van der Waals surface area contributed by atoms with Crippen LogP contribution in [0.4, 0.5) is 5.69 Å². The van der Waals surface area contributed by atoms with E-state index in [-0.39, 0.29) is 22.2 Å². The molecular weight excluding hydrogens is 312 g/mol. The monoisotopic (exact) mass is 328 g/mol. The fourth-order valence-corrected chi connectivity index (χ4v) is 4.91. The first-order valence-corrected chi connectivity index (χ1v) is 8.93. The van der Waals surface area contributed by atoms with Crippen molar-refractivity contribution in [3.63, 3.8) is 0 Å². The minimum absolute atomic E-state index is 0.112.